The highest BCUT2D eigenvalue weighted by atomic mass is 16.5. The third kappa shape index (κ3) is 2.69. The number of carbonyl (C=O) groups is 1. The molecule has 0 aliphatic carbocycles. The van der Waals surface area contributed by atoms with Crippen LogP contribution in [0.15, 0.2) is 0 Å². The molecule has 1 heterocycles. The zero-order valence-electron chi connectivity index (χ0n) is 9.03. The quantitative estimate of drug-likeness (QED) is 0.690. The van der Waals surface area contributed by atoms with E-state index in [0.29, 0.717) is 25.5 Å². The lowest BCUT2D eigenvalue weighted by Gasteiger charge is -2.24. The average Bonchev–Trinajstić information content (AvgIpc) is 2.56. The van der Waals surface area contributed by atoms with Crippen molar-refractivity contribution in [1.82, 2.24) is 4.90 Å². The SMILES string of the molecule is COCCC(C)N1CC(CN)CC1=O. The summed E-state index contributed by atoms with van der Waals surface area (Å²) in [7, 11) is 1.68. The molecular weight excluding hydrogens is 180 g/mol. The monoisotopic (exact) mass is 200 g/mol. The van der Waals surface area contributed by atoms with Crippen LogP contribution < -0.4 is 5.73 Å². The van der Waals surface area contributed by atoms with Crippen LogP contribution in [-0.4, -0.2) is 43.7 Å². The first-order valence-electron chi connectivity index (χ1n) is 5.17. The molecule has 2 N–H and O–H groups in total. The van der Waals surface area contributed by atoms with Gasteiger partial charge >= 0.3 is 0 Å². The summed E-state index contributed by atoms with van der Waals surface area (Å²) in [4.78, 5) is 13.5. The zero-order valence-corrected chi connectivity index (χ0v) is 9.03. The van der Waals surface area contributed by atoms with E-state index in [-0.39, 0.29) is 11.9 Å². The van der Waals surface area contributed by atoms with E-state index < -0.39 is 0 Å². The van der Waals surface area contributed by atoms with Crippen LogP contribution in [0.25, 0.3) is 0 Å². The van der Waals surface area contributed by atoms with Crippen molar-refractivity contribution in [3.05, 3.63) is 0 Å². The van der Waals surface area contributed by atoms with Gasteiger partial charge in [0, 0.05) is 32.7 Å². The van der Waals surface area contributed by atoms with Gasteiger partial charge in [-0.3, -0.25) is 4.79 Å². The normalized spacial score (nSPS) is 24.4. The Morgan fingerprint density at radius 3 is 2.93 bits per heavy atom. The number of hydrogen-bond acceptors (Lipinski definition) is 3. The minimum atomic E-state index is 0.240. The number of methoxy groups -OCH3 is 1. The number of rotatable bonds is 5. The van der Waals surface area contributed by atoms with E-state index in [1.54, 1.807) is 7.11 Å². The van der Waals surface area contributed by atoms with E-state index in [0.717, 1.165) is 13.0 Å². The van der Waals surface area contributed by atoms with Gasteiger partial charge in [0.25, 0.3) is 0 Å². The molecule has 1 saturated heterocycles. The molecule has 0 aromatic carbocycles. The number of nitrogens with two attached hydrogens (primary N) is 1. The van der Waals surface area contributed by atoms with Crippen LogP contribution in [0.4, 0.5) is 0 Å². The second-order valence-electron chi connectivity index (χ2n) is 3.98. The van der Waals surface area contributed by atoms with Crippen molar-refractivity contribution >= 4 is 5.91 Å². The topological polar surface area (TPSA) is 55.6 Å². The lowest BCUT2D eigenvalue weighted by Crippen LogP contribution is -2.35. The molecule has 1 aliphatic heterocycles. The van der Waals surface area contributed by atoms with Gasteiger partial charge in [0.2, 0.25) is 5.91 Å². The van der Waals surface area contributed by atoms with Crippen molar-refractivity contribution in [3.8, 4) is 0 Å². The Morgan fingerprint density at radius 2 is 2.43 bits per heavy atom. The Hall–Kier alpha value is -0.610. The summed E-state index contributed by atoms with van der Waals surface area (Å²) in [5.41, 5.74) is 5.55. The van der Waals surface area contributed by atoms with Crippen LogP contribution in [0, 0.1) is 5.92 Å². The first-order chi connectivity index (χ1) is 6.69. The summed E-state index contributed by atoms with van der Waals surface area (Å²) in [6.07, 6.45) is 1.52. The molecule has 0 aromatic heterocycles. The van der Waals surface area contributed by atoms with Crippen molar-refractivity contribution in [1.29, 1.82) is 0 Å². The second-order valence-corrected chi connectivity index (χ2v) is 3.98. The number of nitrogens with zero attached hydrogens (tertiary/aromatic N) is 1. The van der Waals surface area contributed by atoms with Gasteiger partial charge in [-0.15, -0.1) is 0 Å². The minimum Gasteiger partial charge on any atom is -0.385 e. The molecule has 1 aliphatic rings. The van der Waals surface area contributed by atoms with Crippen molar-refractivity contribution in [2.24, 2.45) is 11.7 Å². The Kier molecular flexibility index (Phi) is 4.35. The van der Waals surface area contributed by atoms with E-state index in [4.69, 9.17) is 10.5 Å². The van der Waals surface area contributed by atoms with Gasteiger partial charge in [-0.25, -0.2) is 0 Å². The largest absolute Gasteiger partial charge is 0.385 e. The van der Waals surface area contributed by atoms with Crippen molar-refractivity contribution in [3.63, 3.8) is 0 Å². The fraction of sp³-hybridized carbons (Fsp3) is 0.900. The number of amides is 1. The molecule has 14 heavy (non-hydrogen) atoms. The van der Waals surface area contributed by atoms with Gasteiger partial charge in [-0.1, -0.05) is 0 Å². The van der Waals surface area contributed by atoms with Crippen LogP contribution in [0.3, 0.4) is 0 Å². The fourth-order valence-corrected chi connectivity index (χ4v) is 1.84. The number of likely N-dealkylation sites (tertiary alicyclic amines) is 1. The van der Waals surface area contributed by atoms with Gasteiger partial charge in [-0.2, -0.15) is 0 Å². The molecule has 2 unspecified atom stereocenters. The fourth-order valence-electron chi connectivity index (χ4n) is 1.84. The van der Waals surface area contributed by atoms with Gasteiger partial charge in [-0.05, 0) is 25.8 Å². The van der Waals surface area contributed by atoms with E-state index in [1.165, 1.54) is 0 Å². The molecule has 1 fully saturated rings. The second kappa shape index (κ2) is 5.32. The van der Waals surface area contributed by atoms with Gasteiger partial charge in [0.05, 0.1) is 0 Å². The Balaban J connectivity index is 2.40. The standard InChI is InChI=1S/C10H20N2O2/c1-8(3-4-14-2)12-7-9(6-11)5-10(12)13/h8-9H,3-7,11H2,1-2H3. The maximum Gasteiger partial charge on any atom is 0.223 e. The third-order valence-corrected chi connectivity index (χ3v) is 2.84. The summed E-state index contributed by atoms with van der Waals surface area (Å²) < 4.78 is 5.00. The molecule has 0 spiro atoms. The summed E-state index contributed by atoms with van der Waals surface area (Å²) >= 11 is 0. The molecule has 0 aromatic rings. The van der Waals surface area contributed by atoms with Gasteiger partial charge in [0.15, 0.2) is 0 Å². The van der Waals surface area contributed by atoms with Crippen LogP contribution in [-0.2, 0) is 9.53 Å². The van der Waals surface area contributed by atoms with Crippen molar-refractivity contribution < 1.29 is 9.53 Å². The first kappa shape index (κ1) is 11.5. The Bertz CT molecular complexity index is 197. The lowest BCUT2D eigenvalue weighted by atomic mass is 10.1. The van der Waals surface area contributed by atoms with Crippen LogP contribution >= 0.6 is 0 Å². The molecule has 1 amide bonds. The predicted molar refractivity (Wildman–Crippen MR) is 54.8 cm³/mol. The lowest BCUT2D eigenvalue weighted by molar-refractivity contribution is -0.129. The van der Waals surface area contributed by atoms with Crippen LogP contribution in [0.1, 0.15) is 19.8 Å². The molecule has 0 radical (unpaired) electrons. The van der Waals surface area contributed by atoms with E-state index >= 15 is 0 Å². The number of hydrogen-bond donors (Lipinski definition) is 1. The zero-order chi connectivity index (χ0) is 10.6. The van der Waals surface area contributed by atoms with Crippen molar-refractivity contribution in [2.75, 3.05) is 26.8 Å². The summed E-state index contributed by atoms with van der Waals surface area (Å²) in [5.74, 6) is 0.594. The molecule has 0 bridgehead atoms. The summed E-state index contributed by atoms with van der Waals surface area (Å²) in [6.45, 7) is 4.20. The molecule has 82 valence electrons. The van der Waals surface area contributed by atoms with Gasteiger partial charge < -0.3 is 15.4 Å². The number of carbonyl (C=O) groups excluding carboxylic acids is 1. The molecule has 4 heteroatoms. The highest BCUT2D eigenvalue weighted by Crippen LogP contribution is 2.20. The maximum atomic E-state index is 11.6. The Labute approximate surface area is 85.4 Å². The van der Waals surface area contributed by atoms with E-state index in [2.05, 4.69) is 6.92 Å². The van der Waals surface area contributed by atoms with E-state index in [9.17, 15) is 4.79 Å². The minimum absolute atomic E-state index is 0.240. The van der Waals surface area contributed by atoms with E-state index in [1.807, 2.05) is 4.90 Å². The third-order valence-electron chi connectivity index (χ3n) is 2.84. The summed E-state index contributed by atoms with van der Waals surface area (Å²) in [5, 5.41) is 0. The molecule has 4 nitrogen and oxygen atoms in total. The first-order valence-corrected chi connectivity index (χ1v) is 5.17. The Morgan fingerprint density at radius 1 is 1.71 bits per heavy atom. The van der Waals surface area contributed by atoms with Gasteiger partial charge in [0.1, 0.15) is 0 Å². The molecule has 2 atom stereocenters. The smallest absolute Gasteiger partial charge is 0.223 e. The molecule has 0 saturated carbocycles. The molecular formula is C10H20N2O2. The highest BCUT2D eigenvalue weighted by molar-refractivity contribution is 5.79. The molecule has 1 rings (SSSR count). The van der Waals surface area contributed by atoms with Crippen molar-refractivity contribution in [2.45, 2.75) is 25.8 Å². The summed E-state index contributed by atoms with van der Waals surface area (Å²) in [6, 6.07) is 0.277. The van der Waals surface area contributed by atoms with Crippen LogP contribution in [0.5, 0.6) is 0 Å². The van der Waals surface area contributed by atoms with Crippen LogP contribution in [0.2, 0.25) is 0 Å². The maximum absolute atomic E-state index is 11.6. The highest BCUT2D eigenvalue weighted by Gasteiger charge is 2.31. The predicted octanol–water partition coefficient (Wildman–Crippen LogP) is 0.219. The number of ether oxygens (including phenoxy) is 1. The average molecular weight is 200 g/mol.